The van der Waals surface area contributed by atoms with Crippen molar-refractivity contribution in [1.82, 2.24) is 5.32 Å². The molecular formula is C18H15ClFNOS. The summed E-state index contributed by atoms with van der Waals surface area (Å²) in [5.41, 5.74) is 1.08. The van der Waals surface area contributed by atoms with E-state index < -0.39 is 11.7 Å². The maximum atomic E-state index is 13.8. The van der Waals surface area contributed by atoms with E-state index in [1.54, 1.807) is 11.3 Å². The number of carbonyl (C=O) groups is 1. The van der Waals surface area contributed by atoms with Gasteiger partial charge in [-0.05, 0) is 47.9 Å². The zero-order chi connectivity index (χ0) is 16.4. The first-order valence-corrected chi connectivity index (χ1v) is 8.52. The highest BCUT2D eigenvalue weighted by molar-refractivity contribution is 7.17. The van der Waals surface area contributed by atoms with E-state index in [-0.39, 0.29) is 16.6 Å². The summed E-state index contributed by atoms with van der Waals surface area (Å²) < 4.78 is 15.0. The summed E-state index contributed by atoms with van der Waals surface area (Å²) in [6.45, 7) is 1.90. The Balaban J connectivity index is 1.74. The Bertz CT molecular complexity index is 841. The average molecular weight is 348 g/mol. The van der Waals surface area contributed by atoms with Crippen LogP contribution in [0, 0.1) is 5.82 Å². The second kappa shape index (κ2) is 6.69. The summed E-state index contributed by atoms with van der Waals surface area (Å²) in [4.78, 5) is 12.3. The first-order valence-electron chi connectivity index (χ1n) is 7.26. The van der Waals surface area contributed by atoms with Gasteiger partial charge in [-0.15, -0.1) is 11.3 Å². The van der Waals surface area contributed by atoms with Crippen LogP contribution in [0.1, 0.15) is 22.8 Å². The maximum absolute atomic E-state index is 13.8. The van der Waals surface area contributed by atoms with E-state index in [1.807, 2.05) is 19.1 Å². The number of fused-ring (bicyclic) bond motifs is 1. The normalized spacial score (nSPS) is 12.3. The van der Waals surface area contributed by atoms with Crippen LogP contribution in [0.15, 0.2) is 47.8 Å². The molecule has 2 aromatic carbocycles. The van der Waals surface area contributed by atoms with Gasteiger partial charge in [0.1, 0.15) is 5.82 Å². The number of rotatable bonds is 4. The smallest absolute Gasteiger partial charge is 0.255 e. The molecule has 0 saturated heterocycles. The van der Waals surface area contributed by atoms with Crippen molar-refractivity contribution in [2.24, 2.45) is 0 Å². The van der Waals surface area contributed by atoms with Crippen LogP contribution in [-0.2, 0) is 6.42 Å². The fraction of sp³-hybridized carbons (Fsp3) is 0.167. The first kappa shape index (κ1) is 16.0. The Hall–Kier alpha value is -1.91. The van der Waals surface area contributed by atoms with Crippen LogP contribution in [0.3, 0.4) is 0 Å². The van der Waals surface area contributed by atoms with Gasteiger partial charge in [0.05, 0.1) is 10.6 Å². The number of carbonyl (C=O) groups excluding carboxylic acids is 1. The minimum atomic E-state index is -0.608. The topological polar surface area (TPSA) is 29.1 Å². The van der Waals surface area contributed by atoms with Crippen LogP contribution in [0.25, 0.3) is 10.1 Å². The largest absolute Gasteiger partial charge is 0.349 e. The number of hydrogen-bond donors (Lipinski definition) is 1. The minimum absolute atomic E-state index is 0.101. The first-order chi connectivity index (χ1) is 11.1. The van der Waals surface area contributed by atoms with Gasteiger partial charge in [-0.2, -0.15) is 0 Å². The van der Waals surface area contributed by atoms with E-state index in [0.717, 1.165) is 0 Å². The molecule has 0 radical (unpaired) electrons. The molecule has 0 aliphatic heterocycles. The van der Waals surface area contributed by atoms with Crippen molar-refractivity contribution in [1.29, 1.82) is 0 Å². The Morgan fingerprint density at radius 3 is 2.83 bits per heavy atom. The van der Waals surface area contributed by atoms with Crippen LogP contribution >= 0.6 is 22.9 Å². The van der Waals surface area contributed by atoms with E-state index in [4.69, 9.17) is 11.6 Å². The van der Waals surface area contributed by atoms with Gasteiger partial charge >= 0.3 is 0 Å². The Kier molecular flexibility index (Phi) is 4.64. The van der Waals surface area contributed by atoms with Gasteiger partial charge in [0.2, 0.25) is 0 Å². The second-order valence-corrected chi connectivity index (χ2v) is 6.75. The van der Waals surface area contributed by atoms with Crippen LogP contribution in [0.5, 0.6) is 0 Å². The van der Waals surface area contributed by atoms with E-state index in [0.29, 0.717) is 6.42 Å². The number of hydrogen-bond acceptors (Lipinski definition) is 2. The summed E-state index contributed by atoms with van der Waals surface area (Å²) in [5.74, 6) is -1.09. The van der Waals surface area contributed by atoms with Crippen LogP contribution in [0.2, 0.25) is 5.02 Å². The summed E-state index contributed by atoms with van der Waals surface area (Å²) >= 11 is 7.61. The molecule has 1 atom stereocenters. The van der Waals surface area contributed by atoms with Gasteiger partial charge in [-0.3, -0.25) is 4.79 Å². The Morgan fingerprint density at radius 2 is 2.04 bits per heavy atom. The molecule has 1 aromatic heterocycles. The summed E-state index contributed by atoms with van der Waals surface area (Å²) in [6, 6.07) is 12.3. The van der Waals surface area contributed by atoms with Gasteiger partial charge in [0.15, 0.2) is 0 Å². The molecule has 0 fully saturated rings. The highest BCUT2D eigenvalue weighted by atomic mass is 35.5. The molecule has 2 nitrogen and oxygen atoms in total. The van der Waals surface area contributed by atoms with Crippen LogP contribution in [0.4, 0.5) is 4.39 Å². The van der Waals surface area contributed by atoms with E-state index in [9.17, 15) is 9.18 Å². The molecule has 118 valence electrons. The van der Waals surface area contributed by atoms with E-state index >= 15 is 0 Å². The molecule has 1 amide bonds. The van der Waals surface area contributed by atoms with E-state index in [2.05, 4.69) is 22.8 Å². The quantitative estimate of drug-likeness (QED) is 0.702. The van der Waals surface area contributed by atoms with Crippen molar-refractivity contribution >= 4 is 38.9 Å². The Morgan fingerprint density at radius 1 is 1.26 bits per heavy atom. The summed E-state index contributed by atoms with van der Waals surface area (Å²) in [6.07, 6.45) is 0.682. The van der Waals surface area contributed by atoms with Gasteiger partial charge < -0.3 is 5.32 Å². The molecule has 1 heterocycles. The van der Waals surface area contributed by atoms with Crippen LogP contribution in [-0.4, -0.2) is 11.9 Å². The number of nitrogens with one attached hydrogen (secondary N) is 1. The van der Waals surface area contributed by atoms with Crippen molar-refractivity contribution in [2.75, 3.05) is 0 Å². The highest BCUT2D eigenvalue weighted by Gasteiger charge is 2.18. The third-order valence-corrected chi connectivity index (χ3v) is 4.98. The molecule has 0 saturated carbocycles. The summed E-state index contributed by atoms with van der Waals surface area (Å²) in [7, 11) is 0. The molecule has 3 aromatic rings. The van der Waals surface area contributed by atoms with Crippen molar-refractivity contribution in [2.45, 2.75) is 19.4 Å². The fourth-order valence-electron chi connectivity index (χ4n) is 2.58. The molecule has 0 spiro atoms. The molecule has 0 bridgehead atoms. The molecule has 23 heavy (non-hydrogen) atoms. The third-order valence-electron chi connectivity index (χ3n) is 3.65. The lowest BCUT2D eigenvalue weighted by atomic mass is 10.1. The van der Waals surface area contributed by atoms with Crippen molar-refractivity contribution in [3.8, 4) is 0 Å². The monoisotopic (exact) mass is 347 g/mol. The molecule has 3 rings (SSSR count). The molecule has 1 N–H and O–H groups in total. The van der Waals surface area contributed by atoms with Gasteiger partial charge in [0.25, 0.3) is 5.91 Å². The zero-order valence-corrected chi connectivity index (χ0v) is 14.0. The maximum Gasteiger partial charge on any atom is 0.255 e. The number of amides is 1. The lowest BCUT2D eigenvalue weighted by Gasteiger charge is -2.14. The van der Waals surface area contributed by atoms with E-state index in [1.165, 1.54) is 33.8 Å². The molecule has 0 aliphatic rings. The predicted octanol–water partition coefficient (Wildman–Crippen LogP) is 5.05. The molecule has 5 heteroatoms. The number of thiophene rings is 1. The second-order valence-electron chi connectivity index (χ2n) is 5.43. The molecule has 0 aliphatic carbocycles. The lowest BCUT2D eigenvalue weighted by molar-refractivity contribution is 0.0936. The van der Waals surface area contributed by atoms with Crippen LogP contribution < -0.4 is 5.32 Å². The SMILES string of the molecule is C[C@H](Cc1csc2ccccc12)NC(=O)c1c(F)cccc1Cl. The van der Waals surface area contributed by atoms with Gasteiger partial charge in [-0.1, -0.05) is 35.9 Å². The molecule has 0 unspecified atom stereocenters. The number of halogens is 2. The minimum Gasteiger partial charge on any atom is -0.349 e. The van der Waals surface area contributed by atoms with Crippen molar-refractivity contribution in [3.63, 3.8) is 0 Å². The highest BCUT2D eigenvalue weighted by Crippen LogP contribution is 2.26. The standard InChI is InChI=1S/C18H15ClFNOS/c1-11(9-12-10-23-16-8-3-2-5-13(12)16)21-18(22)17-14(19)6-4-7-15(17)20/h2-8,10-11H,9H2,1H3,(H,21,22)/t11-/m1/s1. The average Bonchev–Trinajstić information content (AvgIpc) is 2.90. The molecular weight excluding hydrogens is 333 g/mol. The number of benzene rings is 2. The third kappa shape index (κ3) is 3.38. The fourth-order valence-corrected chi connectivity index (χ4v) is 3.81. The van der Waals surface area contributed by atoms with Gasteiger partial charge in [0, 0.05) is 10.7 Å². The van der Waals surface area contributed by atoms with Crippen molar-refractivity contribution in [3.05, 3.63) is 69.8 Å². The Labute approximate surface area is 142 Å². The van der Waals surface area contributed by atoms with Crippen molar-refractivity contribution < 1.29 is 9.18 Å². The van der Waals surface area contributed by atoms with Gasteiger partial charge in [-0.25, -0.2) is 4.39 Å². The summed E-state index contributed by atoms with van der Waals surface area (Å²) in [5, 5.41) is 6.24. The zero-order valence-electron chi connectivity index (χ0n) is 12.5. The lowest BCUT2D eigenvalue weighted by Crippen LogP contribution is -2.34. The predicted molar refractivity (Wildman–Crippen MR) is 93.9 cm³/mol.